The number of likely N-dealkylation sites (tertiary alicyclic amines) is 1. The second-order valence-electron chi connectivity index (χ2n) is 6.77. The largest absolute Gasteiger partial charge is 0.490 e. The Kier molecular flexibility index (Phi) is 6.44. The summed E-state index contributed by atoms with van der Waals surface area (Å²) in [5.74, 6) is -0.0470. The van der Waals surface area contributed by atoms with Gasteiger partial charge in [0.25, 0.3) is 0 Å². The predicted octanol–water partition coefficient (Wildman–Crippen LogP) is 1.36. The predicted molar refractivity (Wildman–Crippen MR) is 95.3 cm³/mol. The van der Waals surface area contributed by atoms with Gasteiger partial charge in [-0.15, -0.1) is 0 Å². The fraction of sp³-hybridized carbons (Fsp3) is 0.579. The molecule has 0 unspecified atom stereocenters. The topological polar surface area (TPSA) is 53.1 Å². The molecule has 0 N–H and O–H groups in total. The van der Waals surface area contributed by atoms with E-state index in [9.17, 15) is 14.0 Å². The molecular formula is C19H26FN3O3. The summed E-state index contributed by atoms with van der Waals surface area (Å²) < 4.78 is 18.8. The number of carbonyl (C=O) groups is 2. The Morgan fingerprint density at radius 2 is 1.58 bits per heavy atom. The molecular weight excluding hydrogens is 337 g/mol. The van der Waals surface area contributed by atoms with E-state index in [4.69, 9.17) is 4.74 Å². The van der Waals surface area contributed by atoms with E-state index in [0.29, 0.717) is 32.7 Å². The Bertz CT molecular complexity index is 626. The van der Waals surface area contributed by atoms with E-state index in [1.807, 2.05) is 4.90 Å². The molecule has 0 radical (unpaired) electrons. The summed E-state index contributed by atoms with van der Waals surface area (Å²) in [5, 5.41) is 0. The smallest absolute Gasteiger partial charge is 0.236 e. The maximum atomic E-state index is 13.5. The number of ether oxygens (including phenoxy) is 1. The number of amides is 2. The van der Waals surface area contributed by atoms with Crippen LogP contribution in [0.1, 0.15) is 19.3 Å². The number of carbonyl (C=O) groups excluding carboxylic acids is 2. The molecule has 0 aliphatic carbocycles. The number of benzene rings is 1. The first kappa shape index (κ1) is 18.6. The highest BCUT2D eigenvalue weighted by Crippen LogP contribution is 2.16. The molecule has 142 valence electrons. The molecule has 2 aliphatic heterocycles. The van der Waals surface area contributed by atoms with Gasteiger partial charge in [0, 0.05) is 39.3 Å². The van der Waals surface area contributed by atoms with E-state index in [1.54, 1.807) is 23.1 Å². The Labute approximate surface area is 153 Å². The summed E-state index contributed by atoms with van der Waals surface area (Å²) in [6, 6.07) is 6.18. The van der Waals surface area contributed by atoms with Crippen molar-refractivity contribution < 1.29 is 18.7 Å². The van der Waals surface area contributed by atoms with E-state index < -0.39 is 5.82 Å². The molecule has 7 heteroatoms. The summed E-state index contributed by atoms with van der Waals surface area (Å²) in [4.78, 5) is 30.3. The van der Waals surface area contributed by atoms with Gasteiger partial charge in [0.1, 0.15) is 0 Å². The maximum absolute atomic E-state index is 13.5. The molecule has 6 nitrogen and oxygen atoms in total. The zero-order valence-corrected chi connectivity index (χ0v) is 15.0. The zero-order valence-electron chi connectivity index (χ0n) is 15.0. The van der Waals surface area contributed by atoms with Crippen LogP contribution >= 0.6 is 0 Å². The Morgan fingerprint density at radius 3 is 2.27 bits per heavy atom. The summed E-state index contributed by atoms with van der Waals surface area (Å²) in [7, 11) is 0. The third-order valence-corrected chi connectivity index (χ3v) is 4.95. The van der Waals surface area contributed by atoms with Crippen LogP contribution < -0.4 is 4.74 Å². The zero-order chi connectivity index (χ0) is 18.4. The van der Waals surface area contributed by atoms with Crippen molar-refractivity contribution in [1.82, 2.24) is 14.7 Å². The third-order valence-electron chi connectivity index (χ3n) is 4.95. The molecule has 0 spiro atoms. The number of rotatable bonds is 6. The lowest BCUT2D eigenvalue weighted by Gasteiger charge is -2.35. The molecule has 0 aromatic heterocycles. The molecule has 0 atom stereocenters. The minimum Gasteiger partial charge on any atom is -0.490 e. The lowest BCUT2D eigenvalue weighted by molar-refractivity contribution is -0.135. The van der Waals surface area contributed by atoms with Crippen molar-refractivity contribution in [3.8, 4) is 5.75 Å². The maximum Gasteiger partial charge on any atom is 0.236 e. The van der Waals surface area contributed by atoms with Gasteiger partial charge in [-0.05, 0) is 25.0 Å². The first-order chi connectivity index (χ1) is 12.6. The van der Waals surface area contributed by atoms with Gasteiger partial charge in [0.05, 0.1) is 19.6 Å². The van der Waals surface area contributed by atoms with E-state index in [1.165, 1.54) is 6.07 Å². The second kappa shape index (κ2) is 8.98. The minimum atomic E-state index is -0.420. The van der Waals surface area contributed by atoms with Gasteiger partial charge in [-0.1, -0.05) is 12.1 Å². The Hall–Kier alpha value is -2.15. The standard InChI is InChI=1S/C19H26FN3O3/c20-16-5-1-2-6-17(16)26-14-7-18(24)23-12-10-21(11-13-23)15-19(25)22-8-3-4-9-22/h1-2,5-6H,3-4,7-15H2. The summed E-state index contributed by atoms with van der Waals surface area (Å²) in [5.41, 5.74) is 0. The molecule has 2 aliphatic rings. The van der Waals surface area contributed by atoms with Crippen molar-refractivity contribution >= 4 is 11.8 Å². The molecule has 2 heterocycles. The van der Waals surface area contributed by atoms with Crippen LogP contribution in [-0.4, -0.2) is 78.9 Å². The van der Waals surface area contributed by atoms with Crippen LogP contribution in [0.3, 0.4) is 0 Å². The van der Waals surface area contributed by atoms with Crippen LogP contribution in [0.25, 0.3) is 0 Å². The van der Waals surface area contributed by atoms with Crippen molar-refractivity contribution in [2.75, 3.05) is 52.4 Å². The van der Waals surface area contributed by atoms with Crippen LogP contribution in [-0.2, 0) is 9.59 Å². The van der Waals surface area contributed by atoms with Gasteiger partial charge in [-0.25, -0.2) is 4.39 Å². The van der Waals surface area contributed by atoms with Crippen molar-refractivity contribution in [1.29, 1.82) is 0 Å². The fourth-order valence-corrected chi connectivity index (χ4v) is 3.38. The molecule has 3 rings (SSSR count). The van der Waals surface area contributed by atoms with Crippen molar-refractivity contribution in [3.63, 3.8) is 0 Å². The monoisotopic (exact) mass is 363 g/mol. The van der Waals surface area contributed by atoms with Gasteiger partial charge in [0.15, 0.2) is 11.6 Å². The Morgan fingerprint density at radius 1 is 0.923 bits per heavy atom. The molecule has 26 heavy (non-hydrogen) atoms. The average molecular weight is 363 g/mol. The molecule has 1 aromatic rings. The van der Waals surface area contributed by atoms with Crippen molar-refractivity contribution in [2.24, 2.45) is 0 Å². The van der Waals surface area contributed by atoms with Crippen LogP contribution in [0.15, 0.2) is 24.3 Å². The van der Waals surface area contributed by atoms with Crippen LogP contribution in [0.4, 0.5) is 4.39 Å². The number of hydrogen-bond acceptors (Lipinski definition) is 4. The number of hydrogen-bond donors (Lipinski definition) is 0. The summed E-state index contributed by atoms with van der Waals surface area (Å²) in [6.45, 7) is 5.00. The van der Waals surface area contributed by atoms with Crippen LogP contribution in [0.5, 0.6) is 5.75 Å². The van der Waals surface area contributed by atoms with Gasteiger partial charge >= 0.3 is 0 Å². The number of nitrogens with zero attached hydrogens (tertiary/aromatic N) is 3. The van der Waals surface area contributed by atoms with Crippen LogP contribution in [0, 0.1) is 5.82 Å². The first-order valence-corrected chi connectivity index (χ1v) is 9.29. The number of halogens is 1. The van der Waals surface area contributed by atoms with E-state index >= 15 is 0 Å². The highest BCUT2D eigenvalue weighted by Gasteiger charge is 2.25. The number of piperazine rings is 1. The average Bonchev–Trinajstić information content (AvgIpc) is 3.19. The summed E-state index contributed by atoms with van der Waals surface area (Å²) in [6.07, 6.45) is 2.42. The molecule has 0 saturated carbocycles. The quantitative estimate of drug-likeness (QED) is 0.766. The van der Waals surface area contributed by atoms with E-state index in [-0.39, 0.29) is 30.6 Å². The summed E-state index contributed by atoms with van der Waals surface area (Å²) >= 11 is 0. The van der Waals surface area contributed by atoms with Gasteiger partial charge < -0.3 is 14.5 Å². The van der Waals surface area contributed by atoms with Crippen LogP contribution in [0.2, 0.25) is 0 Å². The van der Waals surface area contributed by atoms with Crippen molar-refractivity contribution in [2.45, 2.75) is 19.3 Å². The highest BCUT2D eigenvalue weighted by molar-refractivity contribution is 5.79. The van der Waals surface area contributed by atoms with E-state index in [2.05, 4.69) is 4.90 Å². The molecule has 0 bridgehead atoms. The lowest BCUT2D eigenvalue weighted by Crippen LogP contribution is -2.51. The molecule has 2 fully saturated rings. The second-order valence-corrected chi connectivity index (χ2v) is 6.77. The number of para-hydroxylation sites is 1. The third kappa shape index (κ3) is 4.94. The fourth-order valence-electron chi connectivity index (χ4n) is 3.38. The molecule has 2 amide bonds. The lowest BCUT2D eigenvalue weighted by atomic mass is 10.2. The van der Waals surface area contributed by atoms with Gasteiger partial charge in [-0.3, -0.25) is 14.5 Å². The normalized spacial score (nSPS) is 18.2. The highest BCUT2D eigenvalue weighted by atomic mass is 19.1. The SMILES string of the molecule is O=C(CCOc1ccccc1F)N1CCN(CC(=O)N2CCCC2)CC1. The van der Waals surface area contributed by atoms with E-state index in [0.717, 1.165) is 25.9 Å². The first-order valence-electron chi connectivity index (χ1n) is 9.29. The van der Waals surface area contributed by atoms with Gasteiger partial charge in [-0.2, -0.15) is 0 Å². The molecule has 2 saturated heterocycles. The Balaban J connectivity index is 1.35. The van der Waals surface area contributed by atoms with Gasteiger partial charge in [0.2, 0.25) is 11.8 Å². The minimum absolute atomic E-state index is 0.00635. The molecule has 1 aromatic carbocycles. The van der Waals surface area contributed by atoms with Crippen molar-refractivity contribution in [3.05, 3.63) is 30.1 Å².